The minimum Gasteiger partial charge on any atom is -0.378 e. The van der Waals surface area contributed by atoms with Gasteiger partial charge in [0.15, 0.2) is 0 Å². The minimum atomic E-state index is -4.35. The molecule has 0 aromatic heterocycles. The van der Waals surface area contributed by atoms with Crippen LogP contribution in [0.3, 0.4) is 0 Å². The van der Waals surface area contributed by atoms with E-state index in [9.17, 15) is 13.2 Å². The summed E-state index contributed by atoms with van der Waals surface area (Å²) in [5.74, 6) is 0. The third kappa shape index (κ3) is 3.32. The van der Waals surface area contributed by atoms with Crippen LogP contribution in [-0.2, 0) is 6.18 Å². The molecule has 2 rings (SSSR count). The van der Waals surface area contributed by atoms with Crippen LogP contribution in [-0.4, -0.2) is 0 Å². The van der Waals surface area contributed by atoms with Gasteiger partial charge in [0, 0.05) is 11.7 Å². The Morgan fingerprint density at radius 2 is 1.55 bits per heavy atom. The maximum Gasteiger partial charge on any atom is 0.418 e. The zero-order chi connectivity index (χ0) is 14.8. The van der Waals surface area contributed by atoms with Crippen LogP contribution < -0.4 is 5.32 Å². The van der Waals surface area contributed by atoms with E-state index in [-0.39, 0.29) is 11.7 Å². The summed E-state index contributed by atoms with van der Waals surface area (Å²) in [5, 5.41) is 2.93. The van der Waals surface area contributed by atoms with Crippen LogP contribution >= 0.6 is 0 Å². The molecule has 106 valence electrons. The van der Waals surface area contributed by atoms with Gasteiger partial charge in [0.1, 0.15) is 0 Å². The number of halogens is 3. The van der Waals surface area contributed by atoms with Gasteiger partial charge in [0.2, 0.25) is 0 Å². The van der Waals surface area contributed by atoms with E-state index in [1.165, 1.54) is 12.1 Å². The number of nitrogens with one attached hydrogen (secondary N) is 1. The summed E-state index contributed by atoms with van der Waals surface area (Å²) in [6.45, 7) is 3.82. The van der Waals surface area contributed by atoms with E-state index < -0.39 is 11.7 Å². The van der Waals surface area contributed by atoms with E-state index >= 15 is 0 Å². The Kier molecular flexibility index (Phi) is 4.02. The summed E-state index contributed by atoms with van der Waals surface area (Å²) in [5.41, 5.74) is 1.54. The largest absolute Gasteiger partial charge is 0.418 e. The van der Waals surface area contributed by atoms with Gasteiger partial charge in [0.25, 0.3) is 0 Å². The highest BCUT2D eigenvalue weighted by molar-refractivity contribution is 5.54. The molecule has 1 nitrogen and oxygen atoms in total. The molecule has 0 radical (unpaired) electrons. The predicted molar refractivity (Wildman–Crippen MR) is 74.7 cm³/mol. The van der Waals surface area contributed by atoms with Crippen LogP contribution in [0, 0.1) is 6.92 Å². The molecule has 4 heteroatoms. The molecule has 1 N–H and O–H groups in total. The topological polar surface area (TPSA) is 12.0 Å². The van der Waals surface area contributed by atoms with E-state index in [0.29, 0.717) is 0 Å². The molecule has 0 heterocycles. The van der Waals surface area contributed by atoms with E-state index in [1.807, 2.05) is 38.1 Å². The second-order valence-electron chi connectivity index (χ2n) is 4.82. The molecule has 1 atom stereocenters. The maximum absolute atomic E-state index is 12.9. The molecule has 0 spiro atoms. The van der Waals surface area contributed by atoms with Crippen molar-refractivity contribution < 1.29 is 13.2 Å². The molecular weight excluding hydrogens is 263 g/mol. The van der Waals surface area contributed by atoms with E-state index in [1.54, 1.807) is 6.07 Å². The third-order valence-electron chi connectivity index (χ3n) is 3.18. The van der Waals surface area contributed by atoms with Gasteiger partial charge in [-0.25, -0.2) is 0 Å². The van der Waals surface area contributed by atoms with Crippen LogP contribution in [0.5, 0.6) is 0 Å². The second kappa shape index (κ2) is 5.57. The molecule has 2 aromatic rings. The molecule has 0 saturated carbocycles. The average molecular weight is 279 g/mol. The average Bonchev–Trinajstić information content (AvgIpc) is 2.38. The molecule has 0 aliphatic heterocycles. The summed E-state index contributed by atoms with van der Waals surface area (Å²) in [7, 11) is 0. The number of hydrogen-bond donors (Lipinski definition) is 1. The van der Waals surface area contributed by atoms with Gasteiger partial charge in [-0.15, -0.1) is 0 Å². The van der Waals surface area contributed by atoms with Crippen molar-refractivity contribution in [3.05, 3.63) is 65.2 Å². The second-order valence-corrected chi connectivity index (χ2v) is 4.82. The first kappa shape index (κ1) is 14.4. The summed E-state index contributed by atoms with van der Waals surface area (Å²) < 4.78 is 38.7. The van der Waals surface area contributed by atoms with Gasteiger partial charge in [0.05, 0.1) is 5.56 Å². The number of alkyl halides is 3. The van der Waals surface area contributed by atoms with Crippen molar-refractivity contribution in [1.82, 2.24) is 0 Å². The van der Waals surface area contributed by atoms with Gasteiger partial charge in [-0.05, 0) is 31.5 Å². The number of aryl methyl sites for hydroxylation is 1. The molecule has 20 heavy (non-hydrogen) atoms. The number of hydrogen-bond acceptors (Lipinski definition) is 1. The van der Waals surface area contributed by atoms with Gasteiger partial charge in [-0.1, -0.05) is 42.0 Å². The van der Waals surface area contributed by atoms with Gasteiger partial charge >= 0.3 is 6.18 Å². The smallest absolute Gasteiger partial charge is 0.378 e. The fourth-order valence-corrected chi connectivity index (χ4v) is 2.03. The molecule has 0 amide bonds. The first-order valence-electron chi connectivity index (χ1n) is 6.37. The molecule has 1 unspecified atom stereocenters. The molecule has 0 bridgehead atoms. The normalized spacial score (nSPS) is 13.1. The number of rotatable bonds is 3. The Labute approximate surface area is 116 Å². The molecule has 0 saturated heterocycles. The molecular formula is C16H16F3N. The number of para-hydroxylation sites is 1. The highest BCUT2D eigenvalue weighted by atomic mass is 19.4. The highest BCUT2D eigenvalue weighted by Gasteiger charge is 2.33. The molecule has 2 aromatic carbocycles. The molecule has 0 aliphatic carbocycles. The first-order valence-corrected chi connectivity index (χ1v) is 6.37. The Bertz CT molecular complexity index is 573. The number of anilines is 1. The quantitative estimate of drug-likeness (QED) is 0.815. The van der Waals surface area contributed by atoms with E-state index in [0.717, 1.165) is 17.2 Å². The lowest BCUT2D eigenvalue weighted by Crippen LogP contribution is -2.13. The predicted octanol–water partition coefficient (Wildman–Crippen LogP) is 5.19. The van der Waals surface area contributed by atoms with Gasteiger partial charge in [-0.3, -0.25) is 0 Å². The van der Waals surface area contributed by atoms with Crippen LogP contribution in [0.1, 0.15) is 29.7 Å². The van der Waals surface area contributed by atoms with Crippen LogP contribution in [0.4, 0.5) is 18.9 Å². The fourth-order valence-electron chi connectivity index (χ4n) is 2.03. The first-order chi connectivity index (χ1) is 9.38. The monoisotopic (exact) mass is 279 g/mol. The molecule has 0 fully saturated rings. The van der Waals surface area contributed by atoms with Gasteiger partial charge < -0.3 is 5.32 Å². The zero-order valence-electron chi connectivity index (χ0n) is 11.3. The van der Waals surface area contributed by atoms with Crippen LogP contribution in [0.25, 0.3) is 0 Å². The lowest BCUT2D eigenvalue weighted by Gasteiger charge is -2.19. The minimum absolute atomic E-state index is 0.105. The van der Waals surface area contributed by atoms with Crippen molar-refractivity contribution in [2.45, 2.75) is 26.1 Å². The van der Waals surface area contributed by atoms with Crippen LogP contribution in [0.15, 0.2) is 48.5 Å². The Morgan fingerprint density at radius 3 is 2.15 bits per heavy atom. The summed E-state index contributed by atoms with van der Waals surface area (Å²) in [4.78, 5) is 0. The Balaban J connectivity index is 2.24. The van der Waals surface area contributed by atoms with Crippen LogP contribution in [0.2, 0.25) is 0 Å². The highest BCUT2D eigenvalue weighted by Crippen LogP contribution is 2.35. The van der Waals surface area contributed by atoms with E-state index in [4.69, 9.17) is 0 Å². The van der Waals surface area contributed by atoms with Crippen molar-refractivity contribution >= 4 is 5.69 Å². The third-order valence-corrected chi connectivity index (χ3v) is 3.18. The summed E-state index contributed by atoms with van der Waals surface area (Å²) in [6.07, 6.45) is -4.35. The summed E-state index contributed by atoms with van der Waals surface area (Å²) in [6, 6.07) is 13.1. The lowest BCUT2D eigenvalue weighted by atomic mass is 10.1. The fraction of sp³-hybridized carbons (Fsp3) is 0.250. The van der Waals surface area contributed by atoms with Crippen molar-refractivity contribution in [3.63, 3.8) is 0 Å². The summed E-state index contributed by atoms with van der Waals surface area (Å²) >= 11 is 0. The van der Waals surface area contributed by atoms with Gasteiger partial charge in [-0.2, -0.15) is 13.2 Å². The standard InChI is InChI=1S/C16H16F3N/c1-11-7-9-13(10-8-11)12(2)20-15-6-4-3-5-14(15)16(17,18)19/h3-10,12,20H,1-2H3. The Hall–Kier alpha value is -1.97. The molecule has 0 aliphatic rings. The lowest BCUT2D eigenvalue weighted by molar-refractivity contribution is -0.137. The zero-order valence-corrected chi connectivity index (χ0v) is 11.3. The van der Waals surface area contributed by atoms with Crippen molar-refractivity contribution in [1.29, 1.82) is 0 Å². The van der Waals surface area contributed by atoms with Crippen molar-refractivity contribution in [2.24, 2.45) is 0 Å². The Morgan fingerprint density at radius 1 is 0.950 bits per heavy atom. The maximum atomic E-state index is 12.9. The van der Waals surface area contributed by atoms with E-state index in [2.05, 4.69) is 5.32 Å². The number of benzene rings is 2. The SMILES string of the molecule is Cc1ccc(C(C)Nc2ccccc2C(F)(F)F)cc1. The van der Waals surface area contributed by atoms with Crippen molar-refractivity contribution in [2.75, 3.05) is 5.32 Å². The van der Waals surface area contributed by atoms with Crippen molar-refractivity contribution in [3.8, 4) is 0 Å².